The summed E-state index contributed by atoms with van der Waals surface area (Å²) in [5, 5.41) is 1.26. The quantitative estimate of drug-likeness (QED) is 0.877. The van der Waals surface area contributed by atoms with E-state index in [1.165, 1.54) is 16.5 Å². The largest absolute Gasteiger partial charge is 0.369 e. The zero-order valence-electron chi connectivity index (χ0n) is 10.7. The molecule has 0 saturated heterocycles. The van der Waals surface area contributed by atoms with E-state index in [1.54, 1.807) is 0 Å². The highest BCUT2D eigenvalue weighted by atomic mass is 16.1. The number of H-pyrrole nitrogens is 1. The molecular weight excluding hydrogens is 238 g/mol. The van der Waals surface area contributed by atoms with Crippen molar-refractivity contribution in [2.24, 2.45) is 5.73 Å². The van der Waals surface area contributed by atoms with Crippen LogP contribution in [0.5, 0.6) is 0 Å². The standard InChI is InChI=1S/C15H17N3O/c16-15(19)10-18-7-5-11(6-8-18)13-9-17-14-4-2-1-3-12(13)14/h1-5,9,17H,6-8,10H2,(H2,16,19). The number of benzene rings is 1. The molecule has 1 aromatic heterocycles. The molecule has 4 heteroatoms. The van der Waals surface area contributed by atoms with Crippen LogP contribution < -0.4 is 5.73 Å². The van der Waals surface area contributed by atoms with E-state index < -0.39 is 0 Å². The predicted octanol–water partition coefficient (Wildman–Crippen LogP) is 1.74. The van der Waals surface area contributed by atoms with Gasteiger partial charge in [0.05, 0.1) is 6.54 Å². The van der Waals surface area contributed by atoms with E-state index >= 15 is 0 Å². The van der Waals surface area contributed by atoms with Gasteiger partial charge in [0, 0.05) is 35.8 Å². The van der Waals surface area contributed by atoms with Gasteiger partial charge in [0.25, 0.3) is 0 Å². The molecule has 0 unspecified atom stereocenters. The summed E-state index contributed by atoms with van der Waals surface area (Å²) in [5.41, 5.74) is 9.00. The van der Waals surface area contributed by atoms with Gasteiger partial charge in [-0.2, -0.15) is 0 Å². The summed E-state index contributed by atoms with van der Waals surface area (Å²) in [6, 6.07) is 8.31. The van der Waals surface area contributed by atoms with Crippen LogP contribution in [0.25, 0.3) is 16.5 Å². The first kappa shape index (κ1) is 12.0. The number of primary amides is 1. The average molecular weight is 255 g/mol. The van der Waals surface area contributed by atoms with Crippen LogP contribution in [0.4, 0.5) is 0 Å². The van der Waals surface area contributed by atoms with Gasteiger partial charge in [-0.05, 0) is 18.1 Å². The molecule has 1 aliphatic heterocycles. The molecule has 0 fully saturated rings. The third kappa shape index (κ3) is 2.39. The zero-order chi connectivity index (χ0) is 13.2. The Morgan fingerprint density at radius 2 is 2.21 bits per heavy atom. The Balaban J connectivity index is 1.84. The highest BCUT2D eigenvalue weighted by Gasteiger charge is 2.16. The molecule has 1 aromatic carbocycles. The van der Waals surface area contributed by atoms with Crippen molar-refractivity contribution in [3.8, 4) is 0 Å². The van der Waals surface area contributed by atoms with E-state index in [9.17, 15) is 4.79 Å². The highest BCUT2D eigenvalue weighted by molar-refractivity contribution is 5.92. The van der Waals surface area contributed by atoms with Gasteiger partial charge >= 0.3 is 0 Å². The number of aromatic amines is 1. The molecule has 0 radical (unpaired) electrons. The number of para-hydroxylation sites is 1. The van der Waals surface area contributed by atoms with Gasteiger partial charge in [-0.25, -0.2) is 0 Å². The van der Waals surface area contributed by atoms with E-state index in [4.69, 9.17) is 5.73 Å². The van der Waals surface area contributed by atoms with Crippen LogP contribution in [0.2, 0.25) is 0 Å². The molecule has 3 N–H and O–H groups in total. The maximum Gasteiger partial charge on any atom is 0.231 e. The zero-order valence-corrected chi connectivity index (χ0v) is 10.7. The lowest BCUT2D eigenvalue weighted by atomic mass is 9.99. The second kappa shape index (κ2) is 4.90. The molecule has 0 spiro atoms. The number of amides is 1. The van der Waals surface area contributed by atoms with Crippen molar-refractivity contribution >= 4 is 22.4 Å². The lowest BCUT2D eigenvalue weighted by Gasteiger charge is -2.24. The summed E-state index contributed by atoms with van der Waals surface area (Å²) in [6.07, 6.45) is 5.22. The van der Waals surface area contributed by atoms with Gasteiger partial charge in [-0.3, -0.25) is 9.69 Å². The lowest BCUT2D eigenvalue weighted by Crippen LogP contribution is -2.36. The molecule has 0 aliphatic carbocycles. The number of rotatable bonds is 3. The van der Waals surface area contributed by atoms with E-state index in [0.717, 1.165) is 25.0 Å². The second-order valence-corrected chi connectivity index (χ2v) is 4.93. The second-order valence-electron chi connectivity index (χ2n) is 4.93. The average Bonchev–Trinajstić information content (AvgIpc) is 2.83. The number of fused-ring (bicyclic) bond motifs is 1. The van der Waals surface area contributed by atoms with Gasteiger partial charge in [0.1, 0.15) is 0 Å². The Kier molecular flexibility index (Phi) is 3.09. The van der Waals surface area contributed by atoms with E-state index in [2.05, 4.69) is 40.4 Å². The Bertz CT molecular complexity index is 642. The van der Waals surface area contributed by atoms with Crippen molar-refractivity contribution in [2.45, 2.75) is 6.42 Å². The molecule has 3 rings (SSSR count). The number of aromatic nitrogens is 1. The fourth-order valence-corrected chi connectivity index (χ4v) is 2.66. The van der Waals surface area contributed by atoms with Crippen molar-refractivity contribution < 1.29 is 4.79 Å². The van der Waals surface area contributed by atoms with Crippen LogP contribution in [-0.4, -0.2) is 35.4 Å². The maximum atomic E-state index is 10.9. The predicted molar refractivity (Wildman–Crippen MR) is 76.5 cm³/mol. The Morgan fingerprint density at radius 3 is 2.95 bits per heavy atom. The summed E-state index contributed by atoms with van der Waals surface area (Å²) in [4.78, 5) is 16.3. The third-order valence-electron chi connectivity index (χ3n) is 3.61. The van der Waals surface area contributed by atoms with Crippen molar-refractivity contribution in [2.75, 3.05) is 19.6 Å². The minimum Gasteiger partial charge on any atom is -0.369 e. The number of hydrogen-bond donors (Lipinski definition) is 2. The van der Waals surface area contributed by atoms with Crippen LogP contribution >= 0.6 is 0 Å². The van der Waals surface area contributed by atoms with Crippen molar-refractivity contribution in [1.29, 1.82) is 0 Å². The summed E-state index contributed by atoms with van der Waals surface area (Å²) in [6.45, 7) is 2.02. The molecule has 98 valence electrons. The van der Waals surface area contributed by atoms with Gasteiger partial charge in [-0.1, -0.05) is 24.3 Å². The number of carbonyl (C=O) groups is 1. The maximum absolute atomic E-state index is 10.9. The summed E-state index contributed by atoms with van der Waals surface area (Å²) < 4.78 is 0. The lowest BCUT2D eigenvalue weighted by molar-refractivity contribution is -0.119. The Labute approximate surface area is 111 Å². The minimum absolute atomic E-state index is 0.260. The summed E-state index contributed by atoms with van der Waals surface area (Å²) in [7, 11) is 0. The first-order valence-corrected chi connectivity index (χ1v) is 6.50. The molecular formula is C15H17N3O. The topological polar surface area (TPSA) is 62.1 Å². The SMILES string of the molecule is NC(=O)CN1CC=C(c2c[nH]c3ccccc23)CC1. The molecule has 19 heavy (non-hydrogen) atoms. The fraction of sp³-hybridized carbons (Fsp3) is 0.267. The molecule has 4 nitrogen and oxygen atoms in total. The monoisotopic (exact) mass is 255 g/mol. The Hall–Kier alpha value is -2.07. The number of nitrogens with one attached hydrogen (secondary N) is 1. The van der Waals surface area contributed by atoms with Crippen LogP contribution in [0.3, 0.4) is 0 Å². The van der Waals surface area contributed by atoms with Gasteiger partial charge in [0.15, 0.2) is 0 Å². The Morgan fingerprint density at radius 1 is 1.37 bits per heavy atom. The smallest absolute Gasteiger partial charge is 0.231 e. The summed E-state index contributed by atoms with van der Waals surface area (Å²) in [5.74, 6) is -0.260. The molecule has 0 saturated carbocycles. The van der Waals surface area contributed by atoms with E-state index in [-0.39, 0.29) is 5.91 Å². The molecule has 0 bridgehead atoms. The minimum atomic E-state index is -0.260. The van der Waals surface area contributed by atoms with Crippen LogP contribution in [0, 0.1) is 0 Å². The van der Waals surface area contributed by atoms with Crippen LogP contribution in [0.15, 0.2) is 36.5 Å². The van der Waals surface area contributed by atoms with Crippen LogP contribution in [-0.2, 0) is 4.79 Å². The van der Waals surface area contributed by atoms with Crippen LogP contribution in [0.1, 0.15) is 12.0 Å². The van der Waals surface area contributed by atoms with E-state index in [1.807, 2.05) is 6.07 Å². The molecule has 0 atom stereocenters. The van der Waals surface area contributed by atoms with Gasteiger partial charge < -0.3 is 10.7 Å². The van der Waals surface area contributed by atoms with E-state index in [0.29, 0.717) is 6.54 Å². The van der Waals surface area contributed by atoms with Gasteiger partial charge in [0.2, 0.25) is 5.91 Å². The van der Waals surface area contributed by atoms with Crippen molar-refractivity contribution in [3.63, 3.8) is 0 Å². The number of nitrogens with zero attached hydrogens (tertiary/aromatic N) is 1. The summed E-state index contributed by atoms with van der Waals surface area (Å²) >= 11 is 0. The number of hydrogen-bond acceptors (Lipinski definition) is 2. The molecule has 1 aliphatic rings. The first-order valence-electron chi connectivity index (χ1n) is 6.50. The third-order valence-corrected chi connectivity index (χ3v) is 3.61. The number of carbonyl (C=O) groups excluding carboxylic acids is 1. The fourth-order valence-electron chi connectivity index (χ4n) is 2.66. The van der Waals surface area contributed by atoms with Gasteiger partial charge in [-0.15, -0.1) is 0 Å². The molecule has 2 aromatic rings. The van der Waals surface area contributed by atoms with Crippen molar-refractivity contribution in [1.82, 2.24) is 9.88 Å². The normalized spacial score (nSPS) is 16.5. The van der Waals surface area contributed by atoms with Crippen molar-refractivity contribution in [3.05, 3.63) is 42.1 Å². The molecule has 2 heterocycles. The molecule has 1 amide bonds. The highest BCUT2D eigenvalue weighted by Crippen LogP contribution is 2.28. The number of nitrogens with two attached hydrogens (primary N) is 1. The first-order chi connectivity index (χ1) is 9.24.